The molecule has 4 nitrogen and oxygen atoms in total. The topological polar surface area (TPSA) is 68.0 Å². The molecule has 1 aromatic heterocycles. The van der Waals surface area contributed by atoms with Gasteiger partial charge in [-0.05, 0) is 19.8 Å². The Morgan fingerprint density at radius 1 is 1.44 bits per heavy atom. The van der Waals surface area contributed by atoms with E-state index in [-0.39, 0.29) is 24.2 Å². The third kappa shape index (κ3) is 3.73. The molecule has 0 aliphatic heterocycles. The van der Waals surface area contributed by atoms with Gasteiger partial charge in [0.2, 0.25) is 5.91 Å². The number of hydrogen-bond donors (Lipinski definition) is 2. The van der Waals surface area contributed by atoms with Crippen LogP contribution in [0, 0.1) is 19.8 Å². The van der Waals surface area contributed by atoms with Gasteiger partial charge >= 0.3 is 0 Å². The van der Waals surface area contributed by atoms with E-state index in [0.717, 1.165) is 10.6 Å². The first kappa shape index (κ1) is 15.3. The minimum Gasteiger partial charge on any atom is -0.320 e. The van der Waals surface area contributed by atoms with Crippen LogP contribution >= 0.6 is 23.7 Å². The number of amides is 1. The third-order valence-electron chi connectivity index (χ3n) is 2.28. The van der Waals surface area contributed by atoms with Crippen molar-refractivity contribution in [1.82, 2.24) is 4.98 Å². The Balaban J connectivity index is 0.00000225. The number of nitrogens with one attached hydrogen (secondary N) is 1. The quantitative estimate of drug-likeness (QED) is 0.878. The minimum atomic E-state index is -0.477. The van der Waals surface area contributed by atoms with Crippen LogP contribution in [0.3, 0.4) is 0 Å². The Morgan fingerprint density at radius 2 is 2.00 bits per heavy atom. The molecule has 0 aromatic carbocycles. The van der Waals surface area contributed by atoms with Gasteiger partial charge in [-0.25, -0.2) is 4.98 Å². The maximum absolute atomic E-state index is 11.6. The number of thiazole rings is 1. The molecule has 1 unspecified atom stereocenters. The van der Waals surface area contributed by atoms with Crippen molar-refractivity contribution in [2.45, 2.75) is 33.7 Å². The smallest absolute Gasteiger partial charge is 0.243 e. The number of aryl methyl sites for hydroxylation is 2. The molecule has 6 heteroatoms. The summed E-state index contributed by atoms with van der Waals surface area (Å²) in [6.45, 7) is 7.74. The number of halogens is 1. The molecule has 3 N–H and O–H groups in total. The van der Waals surface area contributed by atoms with Crippen molar-refractivity contribution in [3.8, 4) is 0 Å². The third-order valence-corrected chi connectivity index (χ3v) is 3.27. The standard InChI is InChI=1S/C10H17N3OS.ClH/c1-5(2)8(11)9(14)13-10-12-6(3)7(4)15-10;/h5,8H,11H2,1-4H3,(H,12,13,14);1H. The van der Waals surface area contributed by atoms with Crippen molar-refractivity contribution in [3.05, 3.63) is 10.6 Å². The highest BCUT2D eigenvalue weighted by Gasteiger charge is 2.18. The van der Waals surface area contributed by atoms with Gasteiger partial charge in [-0.15, -0.1) is 23.7 Å². The number of anilines is 1. The molecule has 0 bridgehead atoms. The van der Waals surface area contributed by atoms with Gasteiger partial charge in [0.25, 0.3) is 0 Å². The van der Waals surface area contributed by atoms with Crippen LogP contribution < -0.4 is 11.1 Å². The Labute approximate surface area is 106 Å². The molecule has 1 atom stereocenters. The fraction of sp³-hybridized carbons (Fsp3) is 0.600. The Hall–Kier alpha value is -0.650. The zero-order valence-corrected chi connectivity index (χ0v) is 11.5. The summed E-state index contributed by atoms with van der Waals surface area (Å²) in [7, 11) is 0. The van der Waals surface area contributed by atoms with Crippen LogP contribution in [0.25, 0.3) is 0 Å². The second-order valence-corrected chi connectivity index (χ2v) is 5.12. The van der Waals surface area contributed by atoms with Crippen LogP contribution in [0.1, 0.15) is 24.4 Å². The number of rotatable bonds is 3. The zero-order valence-electron chi connectivity index (χ0n) is 9.90. The van der Waals surface area contributed by atoms with Crippen LogP contribution in [-0.2, 0) is 4.79 Å². The second-order valence-electron chi connectivity index (χ2n) is 3.92. The van der Waals surface area contributed by atoms with E-state index in [2.05, 4.69) is 10.3 Å². The van der Waals surface area contributed by atoms with Crippen LogP contribution in [0.15, 0.2) is 0 Å². The maximum atomic E-state index is 11.6. The summed E-state index contributed by atoms with van der Waals surface area (Å²) in [5.74, 6) is -0.0362. The molecule has 0 fully saturated rings. The van der Waals surface area contributed by atoms with Gasteiger partial charge in [0.1, 0.15) is 0 Å². The van der Waals surface area contributed by atoms with Crippen molar-refractivity contribution in [2.75, 3.05) is 5.32 Å². The Kier molecular flexibility index (Phi) is 5.92. The van der Waals surface area contributed by atoms with Crippen LogP contribution in [-0.4, -0.2) is 16.9 Å². The fourth-order valence-corrected chi connectivity index (χ4v) is 1.84. The van der Waals surface area contributed by atoms with E-state index < -0.39 is 6.04 Å². The fourth-order valence-electron chi connectivity index (χ4n) is 1.02. The summed E-state index contributed by atoms with van der Waals surface area (Å²) >= 11 is 1.47. The lowest BCUT2D eigenvalue weighted by Gasteiger charge is -2.13. The van der Waals surface area contributed by atoms with Crippen molar-refractivity contribution >= 4 is 34.8 Å². The largest absolute Gasteiger partial charge is 0.320 e. The summed E-state index contributed by atoms with van der Waals surface area (Å²) in [5.41, 5.74) is 6.67. The van der Waals surface area contributed by atoms with Crippen LogP contribution in [0.2, 0.25) is 0 Å². The molecule has 92 valence electrons. The van der Waals surface area contributed by atoms with E-state index in [4.69, 9.17) is 5.73 Å². The van der Waals surface area contributed by atoms with Crippen molar-refractivity contribution in [3.63, 3.8) is 0 Å². The molecular formula is C10H18ClN3OS. The summed E-state index contributed by atoms with van der Waals surface area (Å²) in [4.78, 5) is 16.9. The van der Waals surface area contributed by atoms with Crippen molar-refractivity contribution in [2.24, 2.45) is 11.7 Å². The highest BCUT2D eigenvalue weighted by Crippen LogP contribution is 2.21. The lowest BCUT2D eigenvalue weighted by Crippen LogP contribution is -2.39. The molecule has 0 spiro atoms. The average Bonchev–Trinajstić information content (AvgIpc) is 2.44. The van der Waals surface area contributed by atoms with Crippen LogP contribution in [0.5, 0.6) is 0 Å². The molecule has 1 rings (SSSR count). The molecular weight excluding hydrogens is 246 g/mol. The van der Waals surface area contributed by atoms with E-state index in [9.17, 15) is 4.79 Å². The SMILES string of the molecule is Cc1nc(NC(=O)C(N)C(C)C)sc1C.Cl. The number of carbonyl (C=O) groups is 1. The van der Waals surface area contributed by atoms with Gasteiger partial charge in [-0.1, -0.05) is 13.8 Å². The number of carbonyl (C=O) groups excluding carboxylic acids is 1. The molecule has 1 amide bonds. The Morgan fingerprint density at radius 3 is 2.38 bits per heavy atom. The Bertz CT molecular complexity index is 345. The average molecular weight is 264 g/mol. The van der Waals surface area contributed by atoms with Gasteiger partial charge < -0.3 is 11.1 Å². The molecule has 0 radical (unpaired) electrons. The van der Waals surface area contributed by atoms with E-state index in [0.29, 0.717) is 5.13 Å². The molecule has 1 aromatic rings. The summed E-state index contributed by atoms with van der Waals surface area (Å²) < 4.78 is 0. The minimum absolute atomic E-state index is 0. The van der Waals surface area contributed by atoms with E-state index in [1.165, 1.54) is 11.3 Å². The molecule has 0 saturated carbocycles. The van der Waals surface area contributed by atoms with Crippen molar-refractivity contribution < 1.29 is 4.79 Å². The highest BCUT2D eigenvalue weighted by molar-refractivity contribution is 7.15. The van der Waals surface area contributed by atoms with E-state index in [1.807, 2.05) is 27.7 Å². The van der Waals surface area contributed by atoms with Crippen LogP contribution in [0.4, 0.5) is 5.13 Å². The normalized spacial score (nSPS) is 12.1. The van der Waals surface area contributed by atoms with E-state index >= 15 is 0 Å². The van der Waals surface area contributed by atoms with Gasteiger partial charge in [0.05, 0.1) is 11.7 Å². The number of nitrogens with zero attached hydrogens (tertiary/aromatic N) is 1. The zero-order chi connectivity index (χ0) is 11.6. The highest BCUT2D eigenvalue weighted by atomic mass is 35.5. The maximum Gasteiger partial charge on any atom is 0.243 e. The lowest BCUT2D eigenvalue weighted by atomic mass is 10.1. The number of hydrogen-bond acceptors (Lipinski definition) is 4. The monoisotopic (exact) mass is 263 g/mol. The van der Waals surface area contributed by atoms with Gasteiger partial charge in [0.15, 0.2) is 5.13 Å². The van der Waals surface area contributed by atoms with Crippen molar-refractivity contribution in [1.29, 1.82) is 0 Å². The number of nitrogens with two attached hydrogens (primary N) is 1. The predicted molar refractivity (Wildman–Crippen MR) is 70.3 cm³/mol. The molecule has 1 heterocycles. The molecule has 16 heavy (non-hydrogen) atoms. The first-order chi connectivity index (χ1) is 6.91. The molecule has 0 saturated heterocycles. The molecule has 0 aliphatic carbocycles. The van der Waals surface area contributed by atoms with E-state index in [1.54, 1.807) is 0 Å². The molecule has 0 aliphatic rings. The summed E-state index contributed by atoms with van der Waals surface area (Å²) in [6.07, 6.45) is 0. The van der Waals surface area contributed by atoms with Gasteiger partial charge in [-0.2, -0.15) is 0 Å². The van der Waals surface area contributed by atoms with Gasteiger partial charge in [-0.3, -0.25) is 4.79 Å². The van der Waals surface area contributed by atoms with Gasteiger partial charge in [0, 0.05) is 4.88 Å². The summed E-state index contributed by atoms with van der Waals surface area (Å²) in [6, 6.07) is -0.477. The second kappa shape index (κ2) is 6.18. The predicted octanol–water partition coefficient (Wildman–Crippen LogP) is 2.10. The first-order valence-corrected chi connectivity index (χ1v) is 5.74. The first-order valence-electron chi connectivity index (χ1n) is 4.92. The lowest BCUT2D eigenvalue weighted by molar-refractivity contribution is -0.118. The summed E-state index contributed by atoms with van der Waals surface area (Å²) in [5, 5.41) is 3.36. The number of aromatic nitrogens is 1.